The smallest absolute Gasteiger partial charge is 0.408 e. The van der Waals surface area contributed by atoms with Crippen molar-refractivity contribution in [2.24, 2.45) is 0 Å². The second kappa shape index (κ2) is 9.27. The van der Waals surface area contributed by atoms with E-state index < -0.39 is 16.1 Å². The van der Waals surface area contributed by atoms with E-state index in [0.717, 1.165) is 12.8 Å². The molecular weight excluding hydrogens is 479 g/mol. The highest BCUT2D eigenvalue weighted by molar-refractivity contribution is 6.68. The Morgan fingerprint density at radius 2 is 1.72 bits per heavy atom. The maximum absolute atomic E-state index is 12.9. The van der Waals surface area contributed by atoms with Crippen LogP contribution in [0.2, 0.25) is 0 Å². The molecule has 7 nitrogen and oxygen atoms in total. The van der Waals surface area contributed by atoms with Gasteiger partial charge in [0.05, 0.1) is 6.10 Å². The number of ether oxygens (including phenoxy) is 2. The normalized spacial score (nSPS) is 18.5. The standard InChI is InChI=1S/C22H19Cl3N2O5/c23-22(24,25)20(27-21(30)32-11-13-4-3-9-31-13)26-12-7-8-16-17(10-12)19(29)15-6-2-1-5-14(15)18(16)28/h1-2,5-8,10,13,20,26H,3-4,9,11H2,(H,27,30)/t13-,20+/m1/s1. The molecule has 32 heavy (non-hydrogen) atoms. The molecule has 1 fully saturated rings. The second-order valence-electron chi connectivity index (χ2n) is 7.46. The van der Waals surface area contributed by atoms with Gasteiger partial charge in [0, 0.05) is 34.5 Å². The SMILES string of the molecule is O=C(N[C@H](Nc1ccc2c(c1)C(=O)c1ccccc1C2=O)C(Cl)(Cl)Cl)OC[C@H]1CCCO1. The summed E-state index contributed by atoms with van der Waals surface area (Å²) in [6, 6.07) is 11.2. The van der Waals surface area contributed by atoms with Crippen LogP contribution in [0.4, 0.5) is 10.5 Å². The van der Waals surface area contributed by atoms with Gasteiger partial charge in [0.2, 0.25) is 3.79 Å². The zero-order valence-corrected chi connectivity index (χ0v) is 19.0. The van der Waals surface area contributed by atoms with E-state index in [2.05, 4.69) is 10.6 Å². The van der Waals surface area contributed by atoms with Crippen LogP contribution >= 0.6 is 34.8 Å². The van der Waals surface area contributed by atoms with Gasteiger partial charge in [-0.2, -0.15) is 0 Å². The fourth-order valence-corrected chi connectivity index (χ4v) is 3.99. The molecule has 0 unspecified atom stereocenters. The van der Waals surface area contributed by atoms with Gasteiger partial charge in [-0.1, -0.05) is 59.1 Å². The van der Waals surface area contributed by atoms with E-state index >= 15 is 0 Å². The summed E-state index contributed by atoms with van der Waals surface area (Å²) in [4.78, 5) is 37.9. The Morgan fingerprint density at radius 1 is 1.06 bits per heavy atom. The molecule has 1 aliphatic heterocycles. The van der Waals surface area contributed by atoms with Gasteiger partial charge in [0.25, 0.3) is 0 Å². The molecule has 1 heterocycles. The van der Waals surface area contributed by atoms with Gasteiger partial charge in [0.1, 0.15) is 12.8 Å². The molecule has 0 spiro atoms. The number of benzene rings is 2. The summed E-state index contributed by atoms with van der Waals surface area (Å²) in [6.07, 6.45) is -0.388. The van der Waals surface area contributed by atoms with Gasteiger partial charge < -0.3 is 14.8 Å². The Balaban J connectivity index is 1.50. The van der Waals surface area contributed by atoms with Crippen molar-refractivity contribution in [2.45, 2.75) is 28.9 Å². The Hall–Kier alpha value is -2.32. The van der Waals surface area contributed by atoms with Crippen LogP contribution in [-0.2, 0) is 9.47 Å². The highest BCUT2D eigenvalue weighted by atomic mass is 35.6. The van der Waals surface area contributed by atoms with Crippen molar-refractivity contribution in [3.05, 3.63) is 64.7 Å². The summed E-state index contributed by atoms with van der Waals surface area (Å²) in [6.45, 7) is 0.727. The second-order valence-corrected chi connectivity index (χ2v) is 9.83. The van der Waals surface area contributed by atoms with Gasteiger partial charge >= 0.3 is 6.09 Å². The number of carbonyl (C=O) groups is 3. The van der Waals surface area contributed by atoms with Gasteiger partial charge in [-0.25, -0.2) is 4.79 Å². The maximum Gasteiger partial charge on any atom is 0.408 e. The van der Waals surface area contributed by atoms with Crippen LogP contribution in [-0.4, -0.2) is 46.9 Å². The molecule has 2 N–H and O–H groups in total. The third-order valence-corrected chi connectivity index (χ3v) is 5.90. The van der Waals surface area contributed by atoms with Gasteiger partial charge in [-0.3, -0.25) is 14.9 Å². The molecule has 2 aromatic carbocycles. The Labute approximate surface area is 199 Å². The minimum absolute atomic E-state index is 0.0906. The molecule has 1 aliphatic carbocycles. The van der Waals surface area contributed by atoms with Crippen molar-refractivity contribution in [1.29, 1.82) is 0 Å². The maximum atomic E-state index is 12.9. The average Bonchev–Trinajstić information content (AvgIpc) is 3.29. The first-order chi connectivity index (χ1) is 15.2. The summed E-state index contributed by atoms with van der Waals surface area (Å²) in [5.74, 6) is -0.524. The molecule has 1 saturated heterocycles. The van der Waals surface area contributed by atoms with Crippen LogP contribution in [0.3, 0.4) is 0 Å². The minimum atomic E-state index is -1.94. The molecule has 1 amide bonds. The molecule has 0 aromatic heterocycles. The number of ketones is 2. The summed E-state index contributed by atoms with van der Waals surface area (Å²) in [5, 5.41) is 5.35. The number of alkyl halides is 3. The molecule has 0 saturated carbocycles. The highest BCUT2D eigenvalue weighted by Crippen LogP contribution is 2.33. The van der Waals surface area contributed by atoms with Crippen molar-refractivity contribution in [2.75, 3.05) is 18.5 Å². The van der Waals surface area contributed by atoms with Gasteiger partial charge in [0.15, 0.2) is 11.6 Å². The third kappa shape index (κ3) is 4.86. The predicted molar refractivity (Wildman–Crippen MR) is 121 cm³/mol. The number of amides is 1. The molecule has 10 heteroatoms. The summed E-state index contributed by atoms with van der Waals surface area (Å²) >= 11 is 18.1. The van der Waals surface area contributed by atoms with Gasteiger partial charge in [-0.05, 0) is 31.0 Å². The number of nitrogens with one attached hydrogen (secondary N) is 2. The highest BCUT2D eigenvalue weighted by Gasteiger charge is 2.36. The lowest BCUT2D eigenvalue weighted by Gasteiger charge is -2.28. The van der Waals surface area contributed by atoms with E-state index in [-0.39, 0.29) is 35.4 Å². The minimum Gasteiger partial charge on any atom is -0.447 e. The van der Waals surface area contributed by atoms with Crippen molar-refractivity contribution in [1.82, 2.24) is 5.32 Å². The van der Waals surface area contributed by atoms with Gasteiger partial charge in [-0.15, -0.1) is 0 Å². The Bertz CT molecular complexity index is 1060. The number of halogens is 3. The lowest BCUT2D eigenvalue weighted by atomic mass is 9.84. The van der Waals surface area contributed by atoms with Crippen molar-refractivity contribution in [3.8, 4) is 0 Å². The third-order valence-electron chi connectivity index (χ3n) is 5.25. The fourth-order valence-electron chi connectivity index (χ4n) is 3.66. The van der Waals surface area contributed by atoms with Crippen molar-refractivity contribution < 1.29 is 23.9 Å². The number of alkyl carbamates (subject to hydrolysis) is 1. The lowest BCUT2D eigenvalue weighted by Crippen LogP contribution is -2.49. The van der Waals surface area contributed by atoms with Crippen LogP contribution in [0.1, 0.15) is 44.7 Å². The zero-order valence-electron chi connectivity index (χ0n) is 16.7. The van der Waals surface area contributed by atoms with Crippen LogP contribution in [0.25, 0.3) is 0 Å². The molecular formula is C22H19Cl3N2O5. The molecule has 168 valence electrons. The Kier molecular flexibility index (Phi) is 6.62. The van der Waals surface area contributed by atoms with E-state index in [9.17, 15) is 14.4 Å². The molecule has 4 rings (SSSR count). The summed E-state index contributed by atoms with van der Waals surface area (Å²) in [5.41, 5.74) is 1.58. The number of rotatable bonds is 5. The number of fused-ring (bicyclic) bond motifs is 2. The van der Waals surface area contributed by atoms with Crippen LogP contribution in [0.5, 0.6) is 0 Å². The van der Waals surface area contributed by atoms with Crippen LogP contribution in [0.15, 0.2) is 42.5 Å². The number of hydrogen-bond acceptors (Lipinski definition) is 6. The topological polar surface area (TPSA) is 93.7 Å². The number of carbonyl (C=O) groups excluding carboxylic acids is 3. The number of anilines is 1. The monoisotopic (exact) mass is 496 g/mol. The zero-order chi connectivity index (χ0) is 22.9. The lowest BCUT2D eigenvalue weighted by molar-refractivity contribution is 0.0432. The molecule has 0 bridgehead atoms. The summed E-state index contributed by atoms with van der Waals surface area (Å²) in [7, 11) is 0. The van der Waals surface area contributed by atoms with E-state index in [1.165, 1.54) is 12.1 Å². The molecule has 0 radical (unpaired) electrons. The molecule has 2 aromatic rings. The Morgan fingerprint density at radius 3 is 2.34 bits per heavy atom. The van der Waals surface area contributed by atoms with E-state index in [0.29, 0.717) is 23.4 Å². The van der Waals surface area contributed by atoms with Crippen molar-refractivity contribution >= 4 is 58.1 Å². The first kappa shape index (κ1) is 22.9. The van der Waals surface area contributed by atoms with Crippen LogP contribution in [0, 0.1) is 0 Å². The molecule has 2 aliphatic rings. The average molecular weight is 498 g/mol. The fraction of sp³-hybridized carbons (Fsp3) is 0.318. The van der Waals surface area contributed by atoms with Crippen LogP contribution < -0.4 is 10.6 Å². The largest absolute Gasteiger partial charge is 0.447 e. The summed E-state index contributed by atoms with van der Waals surface area (Å²) < 4.78 is 8.63. The first-order valence-corrected chi connectivity index (χ1v) is 11.1. The number of hydrogen-bond donors (Lipinski definition) is 2. The molecule has 2 atom stereocenters. The quantitative estimate of drug-likeness (QED) is 0.399. The van der Waals surface area contributed by atoms with E-state index in [1.54, 1.807) is 30.3 Å². The van der Waals surface area contributed by atoms with E-state index in [1.807, 2.05) is 0 Å². The predicted octanol–water partition coefficient (Wildman–Crippen LogP) is 4.48. The first-order valence-electron chi connectivity index (χ1n) is 9.94. The van der Waals surface area contributed by atoms with Crippen molar-refractivity contribution in [3.63, 3.8) is 0 Å². The van der Waals surface area contributed by atoms with E-state index in [4.69, 9.17) is 44.3 Å².